The van der Waals surface area contributed by atoms with E-state index in [2.05, 4.69) is 37.8 Å². The minimum atomic E-state index is 0.264. The molecule has 0 unspecified atom stereocenters. The predicted octanol–water partition coefficient (Wildman–Crippen LogP) is 3.55. The first-order valence-electron chi connectivity index (χ1n) is 4.24. The Bertz CT molecular complexity index is 277. The third-order valence-electron chi connectivity index (χ3n) is 1.68. The van der Waals surface area contributed by atoms with Gasteiger partial charge in [-0.05, 0) is 19.1 Å². The highest BCUT2D eigenvalue weighted by molar-refractivity contribution is 7.99. The molecule has 1 aromatic rings. The SMILES string of the molecule is C=C(O)CCSc1ccc(C)cc1. The van der Waals surface area contributed by atoms with Gasteiger partial charge in [0.2, 0.25) is 0 Å². The van der Waals surface area contributed by atoms with Crippen LogP contribution < -0.4 is 0 Å². The second-order valence-electron chi connectivity index (χ2n) is 2.98. The second-order valence-corrected chi connectivity index (χ2v) is 4.15. The van der Waals surface area contributed by atoms with E-state index in [1.54, 1.807) is 11.8 Å². The van der Waals surface area contributed by atoms with Crippen LogP contribution in [0.25, 0.3) is 0 Å². The smallest absolute Gasteiger partial charge is 0.0859 e. The van der Waals surface area contributed by atoms with Crippen LogP contribution in [0.3, 0.4) is 0 Å². The number of benzene rings is 1. The molecule has 13 heavy (non-hydrogen) atoms. The monoisotopic (exact) mass is 194 g/mol. The molecule has 1 rings (SSSR count). The Labute approximate surface area is 83.5 Å². The Morgan fingerprint density at radius 1 is 1.38 bits per heavy atom. The van der Waals surface area contributed by atoms with Crippen molar-refractivity contribution >= 4 is 11.8 Å². The number of hydrogen-bond donors (Lipinski definition) is 1. The summed E-state index contributed by atoms with van der Waals surface area (Å²) in [5.41, 5.74) is 1.27. The molecule has 0 heterocycles. The van der Waals surface area contributed by atoms with Crippen LogP contribution in [0.2, 0.25) is 0 Å². The molecule has 0 saturated heterocycles. The van der Waals surface area contributed by atoms with Crippen molar-refractivity contribution < 1.29 is 5.11 Å². The van der Waals surface area contributed by atoms with Crippen LogP contribution in [0.15, 0.2) is 41.5 Å². The Morgan fingerprint density at radius 2 is 2.00 bits per heavy atom. The van der Waals surface area contributed by atoms with Crippen LogP contribution in [0.5, 0.6) is 0 Å². The maximum atomic E-state index is 8.87. The van der Waals surface area contributed by atoms with Crippen molar-refractivity contribution in [3.05, 3.63) is 42.2 Å². The van der Waals surface area contributed by atoms with Gasteiger partial charge in [0.15, 0.2) is 0 Å². The van der Waals surface area contributed by atoms with Crippen LogP contribution in [0.1, 0.15) is 12.0 Å². The van der Waals surface area contributed by atoms with Crippen LogP contribution in [0, 0.1) is 6.92 Å². The highest BCUT2D eigenvalue weighted by atomic mass is 32.2. The lowest BCUT2D eigenvalue weighted by Gasteiger charge is -2.00. The lowest BCUT2D eigenvalue weighted by atomic mass is 10.2. The predicted molar refractivity (Wildman–Crippen MR) is 58.3 cm³/mol. The van der Waals surface area contributed by atoms with E-state index >= 15 is 0 Å². The largest absolute Gasteiger partial charge is 0.513 e. The van der Waals surface area contributed by atoms with Crippen LogP contribution >= 0.6 is 11.8 Å². The number of thioether (sulfide) groups is 1. The lowest BCUT2D eigenvalue weighted by Crippen LogP contribution is -1.83. The second kappa shape index (κ2) is 4.97. The lowest BCUT2D eigenvalue weighted by molar-refractivity contribution is 0.399. The van der Waals surface area contributed by atoms with Crippen molar-refractivity contribution in [3.63, 3.8) is 0 Å². The van der Waals surface area contributed by atoms with Crippen LogP contribution in [-0.4, -0.2) is 10.9 Å². The third-order valence-corrected chi connectivity index (χ3v) is 2.69. The fourth-order valence-electron chi connectivity index (χ4n) is 0.921. The fourth-order valence-corrected chi connectivity index (χ4v) is 1.82. The highest BCUT2D eigenvalue weighted by Crippen LogP contribution is 2.19. The molecule has 0 radical (unpaired) electrons. The summed E-state index contributed by atoms with van der Waals surface area (Å²) in [7, 11) is 0. The summed E-state index contributed by atoms with van der Waals surface area (Å²) in [4.78, 5) is 1.24. The average molecular weight is 194 g/mol. The number of aryl methyl sites for hydroxylation is 1. The van der Waals surface area contributed by atoms with Crippen molar-refractivity contribution in [2.45, 2.75) is 18.2 Å². The summed E-state index contributed by atoms with van der Waals surface area (Å²) in [6.45, 7) is 5.52. The molecular weight excluding hydrogens is 180 g/mol. The Morgan fingerprint density at radius 3 is 2.54 bits per heavy atom. The van der Waals surface area contributed by atoms with E-state index in [9.17, 15) is 0 Å². The van der Waals surface area contributed by atoms with E-state index in [0.29, 0.717) is 6.42 Å². The number of hydrogen-bond acceptors (Lipinski definition) is 2. The summed E-state index contributed by atoms with van der Waals surface area (Å²) >= 11 is 1.74. The molecule has 1 nitrogen and oxygen atoms in total. The molecule has 0 fully saturated rings. The van der Waals surface area contributed by atoms with E-state index in [0.717, 1.165) is 5.75 Å². The van der Waals surface area contributed by atoms with Gasteiger partial charge in [-0.25, -0.2) is 0 Å². The van der Waals surface area contributed by atoms with Gasteiger partial charge in [-0.15, -0.1) is 11.8 Å². The molecule has 0 aromatic heterocycles. The number of rotatable bonds is 4. The molecule has 0 bridgehead atoms. The van der Waals surface area contributed by atoms with Gasteiger partial charge in [0.1, 0.15) is 0 Å². The van der Waals surface area contributed by atoms with Crippen LogP contribution in [0.4, 0.5) is 0 Å². The molecule has 1 aromatic carbocycles. The topological polar surface area (TPSA) is 20.2 Å². The molecule has 0 saturated carbocycles. The highest BCUT2D eigenvalue weighted by Gasteiger charge is 1.94. The van der Waals surface area contributed by atoms with Gasteiger partial charge in [-0.2, -0.15) is 0 Å². The van der Waals surface area contributed by atoms with Crippen molar-refractivity contribution in [3.8, 4) is 0 Å². The quantitative estimate of drug-likeness (QED) is 0.584. The summed E-state index contributed by atoms with van der Waals surface area (Å²) < 4.78 is 0. The molecule has 0 atom stereocenters. The van der Waals surface area contributed by atoms with Crippen molar-refractivity contribution in [2.75, 3.05) is 5.75 Å². The zero-order chi connectivity index (χ0) is 9.68. The van der Waals surface area contributed by atoms with E-state index in [4.69, 9.17) is 5.11 Å². The first-order valence-corrected chi connectivity index (χ1v) is 5.23. The van der Waals surface area contributed by atoms with E-state index < -0.39 is 0 Å². The van der Waals surface area contributed by atoms with Gasteiger partial charge >= 0.3 is 0 Å². The van der Waals surface area contributed by atoms with Gasteiger partial charge in [0.25, 0.3) is 0 Å². The molecule has 70 valence electrons. The maximum Gasteiger partial charge on any atom is 0.0859 e. The maximum absolute atomic E-state index is 8.87. The molecular formula is C11H14OS. The fraction of sp³-hybridized carbons (Fsp3) is 0.273. The molecule has 0 aliphatic heterocycles. The molecule has 0 amide bonds. The van der Waals surface area contributed by atoms with Crippen molar-refractivity contribution in [1.29, 1.82) is 0 Å². The zero-order valence-corrected chi connectivity index (χ0v) is 8.60. The standard InChI is InChI=1S/C11H14OS/c1-9-3-5-11(6-4-9)13-8-7-10(2)12/h3-6,12H,2,7-8H2,1H3. The Kier molecular flexibility index (Phi) is 3.90. The van der Waals surface area contributed by atoms with E-state index in [1.807, 2.05) is 0 Å². The van der Waals surface area contributed by atoms with Gasteiger partial charge in [0, 0.05) is 17.1 Å². The molecule has 0 aliphatic carbocycles. The summed E-state index contributed by atoms with van der Waals surface area (Å²) in [5, 5.41) is 8.87. The van der Waals surface area contributed by atoms with Crippen LogP contribution in [-0.2, 0) is 0 Å². The summed E-state index contributed by atoms with van der Waals surface area (Å²) in [6.07, 6.45) is 0.665. The van der Waals surface area contributed by atoms with Gasteiger partial charge in [-0.1, -0.05) is 24.3 Å². The minimum absolute atomic E-state index is 0.264. The number of aliphatic hydroxyl groups is 1. The normalized spacial score (nSPS) is 9.92. The average Bonchev–Trinajstić information content (AvgIpc) is 2.08. The first kappa shape index (κ1) is 10.2. The first-order chi connectivity index (χ1) is 6.18. The van der Waals surface area contributed by atoms with Gasteiger partial charge in [-0.3, -0.25) is 0 Å². The molecule has 0 aliphatic rings. The van der Waals surface area contributed by atoms with Crippen molar-refractivity contribution in [1.82, 2.24) is 0 Å². The minimum Gasteiger partial charge on any atom is -0.513 e. The Hall–Kier alpha value is -0.890. The van der Waals surface area contributed by atoms with E-state index in [-0.39, 0.29) is 5.76 Å². The molecule has 2 heteroatoms. The van der Waals surface area contributed by atoms with Crippen molar-refractivity contribution in [2.24, 2.45) is 0 Å². The third kappa shape index (κ3) is 4.04. The summed E-state index contributed by atoms with van der Waals surface area (Å²) in [6, 6.07) is 8.38. The summed E-state index contributed by atoms with van der Waals surface area (Å²) in [5.74, 6) is 1.15. The van der Waals surface area contributed by atoms with Gasteiger partial charge in [0.05, 0.1) is 5.76 Å². The van der Waals surface area contributed by atoms with E-state index in [1.165, 1.54) is 10.5 Å². The molecule has 0 spiro atoms. The Balaban J connectivity index is 2.37. The number of aliphatic hydroxyl groups excluding tert-OH is 1. The van der Waals surface area contributed by atoms with Gasteiger partial charge < -0.3 is 5.11 Å². The molecule has 1 N–H and O–H groups in total. The number of allylic oxidation sites excluding steroid dienone is 1. The zero-order valence-electron chi connectivity index (χ0n) is 7.79.